The molecule has 1 N–H and O–H groups in total. The van der Waals surface area contributed by atoms with Gasteiger partial charge in [-0.3, -0.25) is 13.9 Å². The first-order valence-corrected chi connectivity index (χ1v) is 16.6. The molecule has 0 spiro atoms. The van der Waals surface area contributed by atoms with Gasteiger partial charge in [0.1, 0.15) is 12.6 Å². The molecule has 236 valence electrons. The number of nitrogens with one attached hydrogen (secondary N) is 1. The number of carbonyl (C=O) groups excluding carboxylic acids is 2. The summed E-state index contributed by atoms with van der Waals surface area (Å²) in [6.45, 7) is 8.77. The fraction of sp³-hybridized carbons (Fsp3) is 0.278. The van der Waals surface area contributed by atoms with Crippen molar-refractivity contribution in [2.75, 3.05) is 10.8 Å². The molecule has 4 aromatic rings. The molecular formula is C36H40ClN3O4S. The van der Waals surface area contributed by atoms with Crippen LogP contribution in [0.4, 0.5) is 5.69 Å². The smallest absolute Gasteiger partial charge is 0.264 e. The molecular weight excluding hydrogens is 606 g/mol. The van der Waals surface area contributed by atoms with Gasteiger partial charge in [-0.05, 0) is 81.1 Å². The van der Waals surface area contributed by atoms with E-state index in [-0.39, 0.29) is 23.8 Å². The van der Waals surface area contributed by atoms with Crippen LogP contribution in [0.3, 0.4) is 0 Å². The lowest BCUT2D eigenvalue weighted by Gasteiger charge is -2.35. The van der Waals surface area contributed by atoms with Crippen molar-refractivity contribution in [3.05, 3.63) is 130 Å². The van der Waals surface area contributed by atoms with Gasteiger partial charge in [0.25, 0.3) is 10.0 Å². The third kappa shape index (κ3) is 8.74. The van der Waals surface area contributed by atoms with Crippen molar-refractivity contribution in [1.29, 1.82) is 0 Å². The summed E-state index contributed by atoms with van der Waals surface area (Å²) < 4.78 is 29.6. The zero-order valence-electron chi connectivity index (χ0n) is 26.3. The Morgan fingerprint density at radius 1 is 0.844 bits per heavy atom. The van der Waals surface area contributed by atoms with Crippen molar-refractivity contribution in [2.24, 2.45) is 0 Å². The number of anilines is 1. The first kappa shape index (κ1) is 33.7. The molecule has 0 radical (unpaired) electrons. The summed E-state index contributed by atoms with van der Waals surface area (Å²) in [5, 5.41) is 3.47. The van der Waals surface area contributed by atoms with Crippen molar-refractivity contribution in [1.82, 2.24) is 10.2 Å². The Kier molecular flexibility index (Phi) is 10.7. The largest absolute Gasteiger partial charge is 0.350 e. The van der Waals surface area contributed by atoms with Crippen LogP contribution in [0, 0.1) is 13.8 Å². The van der Waals surface area contributed by atoms with Crippen molar-refractivity contribution >= 4 is 39.1 Å². The number of sulfonamides is 1. The van der Waals surface area contributed by atoms with Crippen molar-refractivity contribution in [3.8, 4) is 0 Å². The molecule has 0 aromatic heterocycles. The van der Waals surface area contributed by atoms with Gasteiger partial charge in [0.15, 0.2) is 0 Å². The molecule has 0 aliphatic carbocycles. The number of amides is 2. The van der Waals surface area contributed by atoms with Gasteiger partial charge in [-0.15, -0.1) is 0 Å². The molecule has 0 aliphatic heterocycles. The van der Waals surface area contributed by atoms with Crippen LogP contribution in [0.5, 0.6) is 0 Å². The summed E-state index contributed by atoms with van der Waals surface area (Å²) in [6, 6.07) is 29.1. The monoisotopic (exact) mass is 645 g/mol. The molecule has 1 atom stereocenters. The highest BCUT2D eigenvalue weighted by atomic mass is 35.5. The Balaban J connectivity index is 1.85. The van der Waals surface area contributed by atoms with Crippen molar-refractivity contribution < 1.29 is 18.0 Å². The Labute approximate surface area is 271 Å². The SMILES string of the molecule is Cc1ccc(C)c(N(CC(=O)N(Cc2ccccc2Cl)C(Cc2ccccc2)C(=O)NC(C)(C)C)S(=O)(=O)c2ccccc2)c1. The molecule has 0 bridgehead atoms. The second-order valence-electron chi connectivity index (χ2n) is 12.2. The first-order valence-electron chi connectivity index (χ1n) is 14.8. The number of carbonyl (C=O) groups is 2. The molecule has 9 heteroatoms. The highest BCUT2D eigenvalue weighted by Crippen LogP contribution is 2.29. The van der Waals surface area contributed by atoms with Crippen LogP contribution < -0.4 is 9.62 Å². The molecule has 45 heavy (non-hydrogen) atoms. The van der Waals surface area contributed by atoms with E-state index >= 15 is 0 Å². The summed E-state index contributed by atoms with van der Waals surface area (Å²) in [5.41, 5.74) is 2.84. The number of rotatable bonds is 11. The number of halogens is 1. The second kappa shape index (κ2) is 14.3. The van der Waals surface area contributed by atoms with Gasteiger partial charge >= 0.3 is 0 Å². The molecule has 1 unspecified atom stereocenters. The minimum absolute atomic E-state index is 0.000403. The zero-order valence-corrected chi connectivity index (χ0v) is 27.9. The lowest BCUT2D eigenvalue weighted by atomic mass is 10.0. The van der Waals surface area contributed by atoms with Crippen LogP contribution in [0.15, 0.2) is 108 Å². The Bertz CT molecular complexity index is 1740. The van der Waals surface area contributed by atoms with Crippen LogP contribution in [-0.2, 0) is 32.6 Å². The predicted molar refractivity (Wildman–Crippen MR) is 181 cm³/mol. The summed E-state index contributed by atoms with van der Waals surface area (Å²) in [6.07, 6.45) is 0.216. The van der Waals surface area contributed by atoms with Crippen LogP contribution in [0.1, 0.15) is 43.0 Å². The number of benzene rings is 4. The second-order valence-corrected chi connectivity index (χ2v) is 14.4. The third-order valence-corrected chi connectivity index (χ3v) is 9.45. The number of hydrogen-bond donors (Lipinski definition) is 1. The van der Waals surface area contributed by atoms with E-state index in [0.29, 0.717) is 21.8 Å². The molecule has 0 fully saturated rings. The van der Waals surface area contributed by atoms with Gasteiger partial charge < -0.3 is 10.2 Å². The van der Waals surface area contributed by atoms with E-state index in [1.54, 1.807) is 42.5 Å². The minimum Gasteiger partial charge on any atom is -0.350 e. The van der Waals surface area contributed by atoms with Crippen LogP contribution in [0.2, 0.25) is 5.02 Å². The molecule has 0 aliphatic rings. The zero-order chi connectivity index (χ0) is 32.8. The average Bonchev–Trinajstić information content (AvgIpc) is 2.99. The third-order valence-electron chi connectivity index (χ3n) is 7.31. The van der Waals surface area contributed by atoms with E-state index in [1.165, 1.54) is 17.0 Å². The van der Waals surface area contributed by atoms with Gasteiger partial charge in [0, 0.05) is 23.5 Å². The highest BCUT2D eigenvalue weighted by Gasteiger charge is 2.36. The van der Waals surface area contributed by atoms with Gasteiger partial charge in [0.2, 0.25) is 11.8 Å². The summed E-state index contributed by atoms with van der Waals surface area (Å²) in [4.78, 5) is 30.1. The minimum atomic E-state index is -4.18. The summed E-state index contributed by atoms with van der Waals surface area (Å²) in [7, 11) is -4.18. The van der Waals surface area contributed by atoms with Gasteiger partial charge in [0.05, 0.1) is 10.6 Å². The van der Waals surface area contributed by atoms with Gasteiger partial charge in [-0.2, -0.15) is 0 Å². The quantitative estimate of drug-likeness (QED) is 0.197. The van der Waals surface area contributed by atoms with Crippen molar-refractivity contribution in [2.45, 2.75) is 64.1 Å². The molecule has 0 saturated carbocycles. The van der Waals surface area contributed by atoms with E-state index < -0.39 is 34.1 Å². The predicted octanol–water partition coefficient (Wildman–Crippen LogP) is 6.71. The molecule has 0 saturated heterocycles. The summed E-state index contributed by atoms with van der Waals surface area (Å²) >= 11 is 6.57. The fourth-order valence-corrected chi connectivity index (χ4v) is 6.73. The van der Waals surface area contributed by atoms with E-state index in [2.05, 4.69) is 5.32 Å². The standard InChI is InChI=1S/C36H40ClN3O4S/c1-26-20-21-27(2)32(22-26)40(45(43,44)30-17-10-7-11-18-30)25-34(41)39(24-29-16-12-13-19-31(29)37)33(35(42)38-36(3,4)5)23-28-14-8-6-9-15-28/h6-22,33H,23-25H2,1-5H3,(H,38,42). The molecule has 4 rings (SSSR count). The Morgan fingerprint density at radius 2 is 1.44 bits per heavy atom. The van der Waals surface area contributed by atoms with E-state index in [4.69, 9.17) is 11.6 Å². The lowest BCUT2D eigenvalue weighted by Crippen LogP contribution is -2.56. The fourth-order valence-electron chi connectivity index (χ4n) is 5.04. The summed E-state index contributed by atoms with van der Waals surface area (Å²) in [5.74, 6) is -0.892. The maximum Gasteiger partial charge on any atom is 0.264 e. The number of aryl methyl sites for hydroxylation is 2. The van der Waals surface area contributed by atoms with E-state index in [9.17, 15) is 18.0 Å². The van der Waals surface area contributed by atoms with Crippen LogP contribution in [0.25, 0.3) is 0 Å². The maximum atomic E-state index is 14.6. The molecule has 7 nitrogen and oxygen atoms in total. The first-order chi connectivity index (χ1) is 21.3. The van der Waals surface area contributed by atoms with Crippen LogP contribution >= 0.6 is 11.6 Å². The van der Waals surface area contributed by atoms with E-state index in [1.807, 2.05) is 83.1 Å². The topological polar surface area (TPSA) is 86.8 Å². The Morgan fingerprint density at radius 3 is 2.07 bits per heavy atom. The normalized spacial score (nSPS) is 12.3. The van der Waals surface area contributed by atoms with Gasteiger partial charge in [-0.1, -0.05) is 90.5 Å². The molecule has 0 heterocycles. The van der Waals surface area contributed by atoms with Crippen LogP contribution in [-0.4, -0.2) is 43.3 Å². The maximum absolute atomic E-state index is 14.6. The highest BCUT2D eigenvalue weighted by molar-refractivity contribution is 7.92. The number of nitrogens with zero attached hydrogens (tertiary/aromatic N) is 2. The average molecular weight is 646 g/mol. The van der Waals surface area contributed by atoms with Crippen molar-refractivity contribution in [3.63, 3.8) is 0 Å². The number of hydrogen-bond acceptors (Lipinski definition) is 4. The van der Waals surface area contributed by atoms with E-state index in [0.717, 1.165) is 15.4 Å². The Hall–Kier alpha value is -4.14. The molecule has 2 amide bonds. The van der Waals surface area contributed by atoms with Gasteiger partial charge in [-0.25, -0.2) is 8.42 Å². The molecule has 4 aromatic carbocycles. The lowest BCUT2D eigenvalue weighted by molar-refractivity contribution is -0.140.